The molecule has 0 aliphatic carbocycles. The smallest absolute Gasteiger partial charge is 0.123 e. The van der Waals surface area contributed by atoms with Crippen LogP contribution in [0.25, 0.3) is 0 Å². The normalized spacial score (nSPS) is 11.7. The van der Waals surface area contributed by atoms with Crippen molar-refractivity contribution in [2.75, 3.05) is 13.2 Å². The van der Waals surface area contributed by atoms with Gasteiger partial charge in [-0.3, -0.25) is 0 Å². The molecule has 0 aliphatic rings. The summed E-state index contributed by atoms with van der Waals surface area (Å²) in [6.07, 6.45) is 1.37. The number of oxime groups is 1. The molecule has 0 saturated heterocycles. The van der Waals surface area contributed by atoms with E-state index >= 15 is 0 Å². The third kappa shape index (κ3) is 5.01. The molecule has 0 aromatic heterocycles. The van der Waals surface area contributed by atoms with Crippen molar-refractivity contribution >= 4 is 6.21 Å². The number of benzene rings is 2. The average molecular weight is 327 g/mol. The Balaban J connectivity index is 1.90. The van der Waals surface area contributed by atoms with Crippen molar-refractivity contribution in [2.45, 2.75) is 33.1 Å². The fourth-order valence-corrected chi connectivity index (χ4v) is 2.38. The van der Waals surface area contributed by atoms with Crippen LogP contribution >= 0.6 is 0 Å². The molecule has 24 heavy (non-hydrogen) atoms. The van der Waals surface area contributed by atoms with Gasteiger partial charge in [0.25, 0.3) is 0 Å². The van der Waals surface area contributed by atoms with E-state index in [-0.39, 0.29) is 5.41 Å². The van der Waals surface area contributed by atoms with Gasteiger partial charge in [-0.15, -0.1) is 0 Å². The van der Waals surface area contributed by atoms with Gasteiger partial charge in [0, 0.05) is 0 Å². The van der Waals surface area contributed by atoms with Crippen LogP contribution in [-0.2, 0) is 5.41 Å². The van der Waals surface area contributed by atoms with E-state index in [2.05, 4.69) is 45.0 Å². The van der Waals surface area contributed by atoms with E-state index in [1.165, 1.54) is 17.3 Å². The second-order valence-electron chi connectivity index (χ2n) is 6.76. The molecule has 0 heterocycles. The zero-order valence-electron chi connectivity index (χ0n) is 14.7. The monoisotopic (exact) mass is 327 g/mol. The molecular weight excluding hydrogens is 302 g/mol. The van der Waals surface area contributed by atoms with E-state index in [4.69, 9.17) is 14.7 Å². The van der Waals surface area contributed by atoms with Crippen LogP contribution in [0.15, 0.2) is 47.6 Å². The van der Waals surface area contributed by atoms with Crippen LogP contribution in [0, 0.1) is 6.92 Å². The molecule has 2 aromatic carbocycles. The topological polar surface area (TPSA) is 51.0 Å². The van der Waals surface area contributed by atoms with Crippen molar-refractivity contribution in [3.63, 3.8) is 0 Å². The van der Waals surface area contributed by atoms with Crippen LogP contribution in [0.5, 0.6) is 11.5 Å². The third-order valence-electron chi connectivity index (χ3n) is 3.64. The highest BCUT2D eigenvalue weighted by Crippen LogP contribution is 2.32. The highest BCUT2D eigenvalue weighted by molar-refractivity contribution is 5.79. The van der Waals surface area contributed by atoms with Crippen molar-refractivity contribution in [1.29, 1.82) is 0 Å². The van der Waals surface area contributed by atoms with Crippen molar-refractivity contribution < 1.29 is 14.7 Å². The van der Waals surface area contributed by atoms with Crippen molar-refractivity contribution in [2.24, 2.45) is 5.16 Å². The Morgan fingerprint density at radius 1 is 1.00 bits per heavy atom. The summed E-state index contributed by atoms with van der Waals surface area (Å²) in [5.41, 5.74) is 3.28. The van der Waals surface area contributed by atoms with Gasteiger partial charge in [-0.2, -0.15) is 0 Å². The van der Waals surface area contributed by atoms with Crippen molar-refractivity contribution in [1.82, 2.24) is 0 Å². The number of ether oxygens (including phenoxy) is 2. The summed E-state index contributed by atoms with van der Waals surface area (Å²) in [4.78, 5) is 0. The summed E-state index contributed by atoms with van der Waals surface area (Å²) in [5, 5.41) is 11.5. The summed E-state index contributed by atoms with van der Waals surface area (Å²) in [6, 6.07) is 13.6. The lowest BCUT2D eigenvalue weighted by molar-refractivity contribution is 0.214. The average Bonchev–Trinajstić information content (AvgIpc) is 2.53. The van der Waals surface area contributed by atoms with Gasteiger partial charge in [0.2, 0.25) is 0 Å². The number of nitrogens with zero attached hydrogens (tertiary/aromatic N) is 1. The SMILES string of the molecule is Cc1ccc(OCCOc2ccc(C=NO)cc2)c(C(C)(C)C)c1. The van der Waals surface area contributed by atoms with Gasteiger partial charge in [0.15, 0.2) is 0 Å². The maximum atomic E-state index is 8.49. The molecule has 0 saturated carbocycles. The third-order valence-corrected chi connectivity index (χ3v) is 3.64. The number of rotatable bonds is 6. The van der Waals surface area contributed by atoms with E-state index < -0.39 is 0 Å². The maximum absolute atomic E-state index is 8.49. The molecule has 128 valence electrons. The van der Waals surface area contributed by atoms with Crippen LogP contribution in [-0.4, -0.2) is 24.6 Å². The Bertz CT molecular complexity index is 685. The molecule has 0 aliphatic heterocycles. The first-order valence-electron chi connectivity index (χ1n) is 8.04. The quantitative estimate of drug-likeness (QED) is 0.366. The number of aryl methyl sites for hydroxylation is 1. The molecule has 0 bridgehead atoms. The fraction of sp³-hybridized carbons (Fsp3) is 0.350. The highest BCUT2D eigenvalue weighted by atomic mass is 16.5. The van der Waals surface area contributed by atoms with Crippen LogP contribution in [0.3, 0.4) is 0 Å². The Morgan fingerprint density at radius 2 is 1.67 bits per heavy atom. The first-order chi connectivity index (χ1) is 11.4. The predicted molar refractivity (Wildman–Crippen MR) is 96.7 cm³/mol. The Morgan fingerprint density at radius 3 is 2.29 bits per heavy atom. The lowest BCUT2D eigenvalue weighted by atomic mass is 9.85. The summed E-state index contributed by atoms with van der Waals surface area (Å²) < 4.78 is 11.6. The lowest BCUT2D eigenvalue weighted by Crippen LogP contribution is -2.16. The minimum Gasteiger partial charge on any atom is -0.490 e. The molecule has 0 radical (unpaired) electrons. The molecule has 4 heteroatoms. The second kappa shape index (κ2) is 7.86. The number of hydrogen-bond donors (Lipinski definition) is 1. The van der Waals surface area contributed by atoms with Gasteiger partial charge < -0.3 is 14.7 Å². The van der Waals surface area contributed by atoms with Gasteiger partial charge in [-0.25, -0.2) is 0 Å². The van der Waals surface area contributed by atoms with Gasteiger partial charge in [0.05, 0.1) is 6.21 Å². The Kier molecular flexibility index (Phi) is 5.85. The standard InChI is InChI=1S/C20H25NO3/c1-15-5-10-19(18(13-15)20(2,3)4)24-12-11-23-17-8-6-16(7-9-17)14-21-22/h5-10,13-14,22H,11-12H2,1-4H3. The van der Waals surface area contributed by atoms with Gasteiger partial charge >= 0.3 is 0 Å². The summed E-state index contributed by atoms with van der Waals surface area (Å²) >= 11 is 0. The minimum atomic E-state index is 0.0340. The van der Waals surface area contributed by atoms with E-state index in [1.54, 1.807) is 0 Å². The molecule has 1 N–H and O–H groups in total. The van der Waals surface area contributed by atoms with Crippen LogP contribution in [0.1, 0.15) is 37.5 Å². The molecule has 4 nitrogen and oxygen atoms in total. The van der Waals surface area contributed by atoms with Crippen molar-refractivity contribution in [3.05, 3.63) is 59.2 Å². The van der Waals surface area contributed by atoms with E-state index in [9.17, 15) is 0 Å². The van der Waals surface area contributed by atoms with Gasteiger partial charge in [0.1, 0.15) is 24.7 Å². The molecule has 0 atom stereocenters. The molecular formula is C20H25NO3. The zero-order chi connectivity index (χ0) is 17.6. The van der Waals surface area contributed by atoms with Crippen molar-refractivity contribution in [3.8, 4) is 11.5 Å². The molecule has 2 rings (SSSR count). The summed E-state index contributed by atoms with van der Waals surface area (Å²) in [7, 11) is 0. The fourth-order valence-electron chi connectivity index (χ4n) is 2.38. The second-order valence-corrected chi connectivity index (χ2v) is 6.76. The van der Waals surface area contributed by atoms with Crippen LogP contribution in [0.2, 0.25) is 0 Å². The highest BCUT2D eigenvalue weighted by Gasteiger charge is 2.19. The van der Waals surface area contributed by atoms with Gasteiger partial charge in [-0.05, 0) is 53.8 Å². The Labute approximate surface area is 143 Å². The zero-order valence-corrected chi connectivity index (χ0v) is 14.7. The van der Waals surface area contributed by atoms with E-state index in [0.29, 0.717) is 13.2 Å². The molecule has 2 aromatic rings. The van der Waals surface area contributed by atoms with E-state index in [0.717, 1.165) is 17.1 Å². The van der Waals surface area contributed by atoms with Gasteiger partial charge in [-0.1, -0.05) is 43.6 Å². The summed E-state index contributed by atoms with van der Waals surface area (Å²) in [6.45, 7) is 9.58. The largest absolute Gasteiger partial charge is 0.490 e. The molecule has 0 amide bonds. The minimum absolute atomic E-state index is 0.0340. The first-order valence-corrected chi connectivity index (χ1v) is 8.04. The number of hydrogen-bond acceptors (Lipinski definition) is 4. The Hall–Kier alpha value is -2.49. The van der Waals surface area contributed by atoms with Crippen LogP contribution in [0.4, 0.5) is 0 Å². The molecule has 0 unspecified atom stereocenters. The van der Waals surface area contributed by atoms with Crippen LogP contribution < -0.4 is 9.47 Å². The maximum Gasteiger partial charge on any atom is 0.123 e. The summed E-state index contributed by atoms with van der Waals surface area (Å²) in [5.74, 6) is 1.67. The first kappa shape index (κ1) is 17.9. The van der Waals surface area contributed by atoms with E-state index in [1.807, 2.05) is 30.3 Å². The lowest BCUT2D eigenvalue weighted by Gasteiger charge is -2.23. The molecule has 0 spiro atoms. The predicted octanol–water partition coefficient (Wildman–Crippen LogP) is 4.56. The molecule has 0 fully saturated rings.